The number of rotatable bonds is 1. The van der Waals surface area contributed by atoms with Crippen molar-refractivity contribution in [2.45, 2.75) is 12.3 Å². The molecule has 0 spiro atoms. The van der Waals surface area contributed by atoms with Crippen LogP contribution in [0.5, 0.6) is 0 Å². The summed E-state index contributed by atoms with van der Waals surface area (Å²) in [6.45, 7) is 2.25. The SMILES string of the molecule is Cc1ccc2c3c1-c1c(ccc[n+]1C)C3(c1ccccc1)c1ccccc1-2. The van der Waals surface area contributed by atoms with Gasteiger partial charge in [0.25, 0.3) is 0 Å². The molecule has 3 aromatic carbocycles. The zero-order valence-electron chi connectivity index (χ0n) is 15.5. The van der Waals surface area contributed by atoms with Crippen molar-refractivity contribution in [2.75, 3.05) is 0 Å². The fraction of sp³-hybridized carbons (Fsp3) is 0.115. The summed E-state index contributed by atoms with van der Waals surface area (Å²) >= 11 is 0. The molecule has 0 aliphatic heterocycles. The normalized spacial score (nSPS) is 18.1. The monoisotopic (exact) mass is 346 g/mol. The highest BCUT2D eigenvalue weighted by Crippen LogP contribution is 2.63. The van der Waals surface area contributed by atoms with E-state index in [4.69, 9.17) is 0 Å². The Balaban J connectivity index is 1.92. The summed E-state index contributed by atoms with van der Waals surface area (Å²) in [4.78, 5) is 0. The molecule has 1 aromatic heterocycles. The zero-order chi connectivity index (χ0) is 18.2. The lowest BCUT2D eigenvalue weighted by atomic mass is 9.70. The first-order chi connectivity index (χ1) is 13.2. The Morgan fingerprint density at radius 2 is 1.44 bits per heavy atom. The summed E-state index contributed by atoms with van der Waals surface area (Å²) in [5, 5.41) is 0. The third kappa shape index (κ3) is 1.59. The summed E-state index contributed by atoms with van der Waals surface area (Å²) < 4.78 is 2.30. The van der Waals surface area contributed by atoms with Gasteiger partial charge in [-0.05, 0) is 46.4 Å². The smallest absolute Gasteiger partial charge is 0.201 e. The van der Waals surface area contributed by atoms with Gasteiger partial charge in [0.15, 0.2) is 6.20 Å². The van der Waals surface area contributed by atoms with Crippen molar-refractivity contribution in [3.8, 4) is 22.4 Å². The van der Waals surface area contributed by atoms with Crippen molar-refractivity contribution in [3.05, 3.63) is 113 Å². The molecule has 2 aliphatic carbocycles. The molecule has 1 heterocycles. The van der Waals surface area contributed by atoms with E-state index >= 15 is 0 Å². The van der Waals surface area contributed by atoms with E-state index in [1.165, 1.54) is 50.2 Å². The van der Waals surface area contributed by atoms with Crippen LogP contribution in [0.2, 0.25) is 0 Å². The Bertz CT molecular complexity index is 1240. The van der Waals surface area contributed by atoms with Gasteiger partial charge in [-0.25, -0.2) is 4.57 Å². The van der Waals surface area contributed by atoms with Crippen LogP contribution in [0.3, 0.4) is 0 Å². The molecule has 0 fully saturated rings. The lowest BCUT2D eigenvalue weighted by Crippen LogP contribution is -2.33. The molecule has 1 atom stereocenters. The number of aromatic nitrogens is 1. The molecule has 0 radical (unpaired) electrons. The number of pyridine rings is 1. The predicted octanol–water partition coefficient (Wildman–Crippen LogP) is 5.16. The second kappa shape index (κ2) is 4.95. The van der Waals surface area contributed by atoms with Crippen LogP contribution >= 0.6 is 0 Å². The maximum absolute atomic E-state index is 2.33. The van der Waals surface area contributed by atoms with Crippen LogP contribution in [0.4, 0.5) is 0 Å². The van der Waals surface area contributed by atoms with Crippen molar-refractivity contribution in [2.24, 2.45) is 7.05 Å². The standard InChI is InChI=1S/C26H20N/c1-17-14-15-20-19-11-6-7-12-21(19)26(18-9-4-3-5-10-18)22-13-8-16-27(2)25(22)23(17)24(20)26/h3-16H,1-2H3/q+1. The lowest BCUT2D eigenvalue weighted by Gasteiger charge is -2.29. The van der Waals surface area contributed by atoms with E-state index in [2.05, 4.69) is 104 Å². The minimum Gasteiger partial charge on any atom is -0.201 e. The average Bonchev–Trinajstić information content (AvgIpc) is 3.18. The summed E-state index contributed by atoms with van der Waals surface area (Å²) in [7, 11) is 2.17. The second-order valence-corrected chi connectivity index (χ2v) is 7.72. The van der Waals surface area contributed by atoms with Gasteiger partial charge in [-0.15, -0.1) is 0 Å². The van der Waals surface area contributed by atoms with E-state index in [1.54, 1.807) is 0 Å². The lowest BCUT2D eigenvalue weighted by molar-refractivity contribution is -0.660. The van der Waals surface area contributed by atoms with Gasteiger partial charge in [0.1, 0.15) is 7.05 Å². The molecule has 1 unspecified atom stereocenters. The summed E-state index contributed by atoms with van der Waals surface area (Å²) in [6.07, 6.45) is 2.17. The minimum absolute atomic E-state index is 0.219. The first-order valence-electron chi connectivity index (χ1n) is 9.53. The highest BCUT2D eigenvalue weighted by molar-refractivity contribution is 5.97. The molecule has 2 aliphatic rings. The van der Waals surface area contributed by atoms with Crippen LogP contribution in [0.25, 0.3) is 22.4 Å². The Hall–Kier alpha value is -3.19. The van der Waals surface area contributed by atoms with Gasteiger partial charge < -0.3 is 0 Å². The predicted molar refractivity (Wildman–Crippen MR) is 109 cm³/mol. The first kappa shape index (κ1) is 14.9. The quantitative estimate of drug-likeness (QED) is 0.362. The zero-order valence-corrected chi connectivity index (χ0v) is 15.5. The minimum atomic E-state index is -0.219. The summed E-state index contributed by atoms with van der Waals surface area (Å²) in [5.41, 5.74) is 12.3. The molecule has 128 valence electrons. The third-order valence-corrected chi connectivity index (χ3v) is 6.44. The van der Waals surface area contributed by atoms with Crippen LogP contribution < -0.4 is 4.57 Å². The van der Waals surface area contributed by atoms with Crippen molar-refractivity contribution in [3.63, 3.8) is 0 Å². The Labute approximate surface area is 159 Å². The largest absolute Gasteiger partial charge is 0.217 e. The van der Waals surface area contributed by atoms with E-state index in [1.807, 2.05) is 0 Å². The second-order valence-electron chi connectivity index (χ2n) is 7.72. The molecule has 27 heavy (non-hydrogen) atoms. The number of aryl methyl sites for hydroxylation is 2. The van der Waals surface area contributed by atoms with Gasteiger partial charge in [0.05, 0.1) is 11.0 Å². The van der Waals surface area contributed by atoms with Gasteiger partial charge >= 0.3 is 0 Å². The van der Waals surface area contributed by atoms with Gasteiger partial charge in [-0.2, -0.15) is 0 Å². The molecular weight excluding hydrogens is 326 g/mol. The van der Waals surface area contributed by atoms with Crippen molar-refractivity contribution >= 4 is 0 Å². The number of hydrogen-bond donors (Lipinski definition) is 0. The molecule has 6 rings (SSSR count). The molecule has 1 heteroatoms. The maximum Gasteiger partial charge on any atom is 0.217 e. The summed E-state index contributed by atoms with van der Waals surface area (Å²) in [5.74, 6) is 0. The van der Waals surface area contributed by atoms with Crippen LogP contribution in [0, 0.1) is 6.92 Å². The fourth-order valence-electron chi connectivity index (χ4n) is 5.45. The molecule has 0 saturated heterocycles. The molecule has 4 aromatic rings. The third-order valence-electron chi connectivity index (χ3n) is 6.44. The van der Waals surface area contributed by atoms with Crippen molar-refractivity contribution < 1.29 is 4.57 Å². The Morgan fingerprint density at radius 3 is 2.30 bits per heavy atom. The van der Waals surface area contributed by atoms with Gasteiger partial charge in [0.2, 0.25) is 5.69 Å². The van der Waals surface area contributed by atoms with Crippen molar-refractivity contribution in [1.82, 2.24) is 0 Å². The molecule has 0 amide bonds. The van der Waals surface area contributed by atoms with Crippen LogP contribution in [0.15, 0.2) is 85.1 Å². The van der Waals surface area contributed by atoms with E-state index in [0.717, 1.165) is 0 Å². The molecule has 1 nitrogen and oxygen atoms in total. The average molecular weight is 346 g/mol. The number of fused-ring (bicyclic) bond motifs is 6. The molecule has 0 saturated carbocycles. The van der Waals surface area contributed by atoms with Crippen LogP contribution in [-0.4, -0.2) is 0 Å². The molecule has 0 N–H and O–H groups in total. The first-order valence-corrected chi connectivity index (χ1v) is 9.53. The van der Waals surface area contributed by atoms with E-state index in [0.29, 0.717) is 0 Å². The number of nitrogens with zero attached hydrogens (tertiary/aromatic N) is 1. The number of benzene rings is 3. The topological polar surface area (TPSA) is 3.88 Å². The Kier molecular flexibility index (Phi) is 2.74. The van der Waals surface area contributed by atoms with Gasteiger partial charge in [-0.1, -0.05) is 66.7 Å². The van der Waals surface area contributed by atoms with Crippen LogP contribution in [0.1, 0.15) is 27.8 Å². The highest BCUT2D eigenvalue weighted by Gasteiger charge is 2.55. The summed E-state index contributed by atoms with van der Waals surface area (Å²) in [6, 6.07) is 29.1. The van der Waals surface area contributed by atoms with Crippen molar-refractivity contribution in [1.29, 1.82) is 0 Å². The van der Waals surface area contributed by atoms with Gasteiger partial charge in [-0.3, -0.25) is 0 Å². The number of hydrogen-bond acceptors (Lipinski definition) is 0. The van der Waals surface area contributed by atoms with Crippen LogP contribution in [-0.2, 0) is 12.5 Å². The van der Waals surface area contributed by atoms with E-state index in [-0.39, 0.29) is 5.41 Å². The highest BCUT2D eigenvalue weighted by atomic mass is 14.9. The fourth-order valence-corrected chi connectivity index (χ4v) is 5.45. The van der Waals surface area contributed by atoms with Gasteiger partial charge in [0, 0.05) is 11.6 Å². The van der Waals surface area contributed by atoms with E-state index in [9.17, 15) is 0 Å². The Morgan fingerprint density at radius 1 is 0.704 bits per heavy atom. The maximum atomic E-state index is 2.33. The van der Waals surface area contributed by atoms with E-state index < -0.39 is 0 Å². The molecular formula is C26H20N+. The molecule has 0 bridgehead atoms.